The summed E-state index contributed by atoms with van der Waals surface area (Å²) in [5.41, 5.74) is 3.51. The van der Waals surface area contributed by atoms with Gasteiger partial charge in [0.05, 0.1) is 5.69 Å². The van der Waals surface area contributed by atoms with Gasteiger partial charge in [0.15, 0.2) is 5.82 Å². The Labute approximate surface area is 197 Å². The number of aryl methyl sites for hydroxylation is 3. The SMILES string of the molecule is CCc1ccc(S(=O)(=O)Nc2ccc(Oc3cc(-n4nc(C)c(C)c4C)nc(C)n3)cc2)s1. The van der Waals surface area contributed by atoms with Crippen LogP contribution in [0.2, 0.25) is 0 Å². The lowest BCUT2D eigenvalue weighted by Crippen LogP contribution is -2.11. The predicted molar refractivity (Wildman–Crippen MR) is 129 cm³/mol. The van der Waals surface area contributed by atoms with Crippen molar-refractivity contribution in [2.45, 2.75) is 45.2 Å². The molecular formula is C23H25N5O3S2. The van der Waals surface area contributed by atoms with Gasteiger partial charge in [-0.3, -0.25) is 4.72 Å². The Morgan fingerprint density at radius 2 is 1.76 bits per heavy atom. The molecule has 10 heteroatoms. The molecule has 4 rings (SSSR count). The maximum absolute atomic E-state index is 12.6. The van der Waals surface area contributed by atoms with Crippen molar-refractivity contribution in [1.29, 1.82) is 0 Å². The zero-order valence-electron chi connectivity index (χ0n) is 19.1. The van der Waals surface area contributed by atoms with E-state index in [9.17, 15) is 8.42 Å². The standard InChI is InChI=1S/C23H25N5O3S2/c1-6-20-11-12-23(32-20)33(29,30)27-18-7-9-19(10-8-18)31-22-13-21(24-17(5)25-22)28-16(4)14(2)15(3)26-28/h7-13,27H,6H2,1-5H3. The topological polar surface area (TPSA) is 99.0 Å². The Morgan fingerprint density at radius 1 is 1.03 bits per heavy atom. The van der Waals surface area contributed by atoms with Crippen LogP contribution in [0, 0.1) is 27.7 Å². The summed E-state index contributed by atoms with van der Waals surface area (Å²) in [6.45, 7) is 9.76. The zero-order valence-corrected chi connectivity index (χ0v) is 20.7. The average Bonchev–Trinajstić information content (AvgIpc) is 3.36. The fraction of sp³-hybridized carbons (Fsp3) is 0.261. The molecule has 0 aliphatic carbocycles. The molecule has 0 unspecified atom stereocenters. The summed E-state index contributed by atoms with van der Waals surface area (Å²) in [6.07, 6.45) is 0.801. The molecule has 0 fully saturated rings. The number of hydrogen-bond donors (Lipinski definition) is 1. The summed E-state index contributed by atoms with van der Waals surface area (Å²) in [4.78, 5) is 9.87. The van der Waals surface area contributed by atoms with Crippen LogP contribution in [0.15, 0.2) is 46.7 Å². The number of thiophene rings is 1. The van der Waals surface area contributed by atoms with Crippen LogP contribution in [0.1, 0.15) is 34.6 Å². The van der Waals surface area contributed by atoms with Crippen LogP contribution in [0.3, 0.4) is 0 Å². The first-order chi connectivity index (χ1) is 15.7. The first-order valence-electron chi connectivity index (χ1n) is 10.4. The largest absolute Gasteiger partial charge is 0.439 e. The third-order valence-corrected chi connectivity index (χ3v) is 8.35. The number of ether oxygens (including phenoxy) is 1. The highest BCUT2D eigenvalue weighted by Gasteiger charge is 2.17. The maximum atomic E-state index is 12.6. The van der Waals surface area contributed by atoms with Gasteiger partial charge in [-0.05, 0) is 76.1 Å². The van der Waals surface area contributed by atoms with Crippen molar-refractivity contribution in [2.24, 2.45) is 0 Å². The monoisotopic (exact) mass is 483 g/mol. The van der Waals surface area contributed by atoms with Crippen molar-refractivity contribution >= 4 is 27.0 Å². The molecular weight excluding hydrogens is 458 g/mol. The number of benzene rings is 1. The van der Waals surface area contributed by atoms with Gasteiger partial charge in [0.1, 0.15) is 15.8 Å². The van der Waals surface area contributed by atoms with E-state index in [0.717, 1.165) is 28.2 Å². The van der Waals surface area contributed by atoms with Gasteiger partial charge in [-0.1, -0.05) is 6.92 Å². The lowest BCUT2D eigenvalue weighted by atomic mass is 10.2. The van der Waals surface area contributed by atoms with E-state index in [0.29, 0.717) is 33.2 Å². The molecule has 172 valence electrons. The first-order valence-corrected chi connectivity index (χ1v) is 12.7. The Morgan fingerprint density at radius 3 is 2.36 bits per heavy atom. The van der Waals surface area contributed by atoms with Crippen molar-refractivity contribution in [1.82, 2.24) is 19.7 Å². The van der Waals surface area contributed by atoms with Gasteiger partial charge < -0.3 is 4.74 Å². The number of aromatic nitrogens is 4. The van der Waals surface area contributed by atoms with Crippen LogP contribution in [0.4, 0.5) is 5.69 Å². The molecule has 4 aromatic rings. The summed E-state index contributed by atoms with van der Waals surface area (Å²) in [5, 5.41) is 4.55. The third-order valence-electron chi connectivity index (χ3n) is 5.25. The van der Waals surface area contributed by atoms with Gasteiger partial charge in [0.25, 0.3) is 10.0 Å². The Kier molecular flexibility index (Phi) is 6.22. The second-order valence-corrected chi connectivity index (χ2v) is 10.7. The summed E-state index contributed by atoms with van der Waals surface area (Å²) < 4.78 is 35.8. The molecule has 0 saturated heterocycles. The smallest absolute Gasteiger partial charge is 0.271 e. The summed E-state index contributed by atoms with van der Waals surface area (Å²) in [7, 11) is -3.62. The molecule has 0 atom stereocenters. The van der Waals surface area contributed by atoms with E-state index in [1.165, 1.54) is 11.3 Å². The lowest BCUT2D eigenvalue weighted by Gasteiger charge is -2.10. The average molecular weight is 484 g/mol. The lowest BCUT2D eigenvalue weighted by molar-refractivity contribution is 0.459. The molecule has 33 heavy (non-hydrogen) atoms. The minimum absolute atomic E-state index is 0.294. The van der Waals surface area contributed by atoms with Crippen molar-refractivity contribution in [3.63, 3.8) is 0 Å². The van der Waals surface area contributed by atoms with E-state index in [1.54, 1.807) is 48.0 Å². The normalized spacial score (nSPS) is 11.5. The fourth-order valence-corrected chi connectivity index (χ4v) is 5.59. The first kappa shape index (κ1) is 22.9. The molecule has 1 aromatic carbocycles. The minimum atomic E-state index is -3.62. The fourth-order valence-electron chi connectivity index (χ4n) is 3.24. The zero-order chi connectivity index (χ0) is 23.8. The third kappa shape index (κ3) is 4.91. The van der Waals surface area contributed by atoms with Gasteiger partial charge >= 0.3 is 0 Å². The summed E-state index contributed by atoms with van der Waals surface area (Å²) >= 11 is 1.27. The highest BCUT2D eigenvalue weighted by Crippen LogP contribution is 2.27. The Hall–Kier alpha value is -3.24. The Balaban J connectivity index is 1.52. The highest BCUT2D eigenvalue weighted by atomic mass is 32.2. The molecule has 0 bridgehead atoms. The van der Waals surface area contributed by atoms with Gasteiger partial charge in [0, 0.05) is 22.3 Å². The van der Waals surface area contributed by atoms with Crippen molar-refractivity contribution in [2.75, 3.05) is 4.72 Å². The number of hydrogen-bond acceptors (Lipinski definition) is 7. The van der Waals surface area contributed by atoms with E-state index in [-0.39, 0.29) is 0 Å². The number of nitrogens with one attached hydrogen (secondary N) is 1. The molecule has 0 radical (unpaired) electrons. The molecule has 0 spiro atoms. The van der Waals surface area contributed by atoms with Gasteiger partial charge in [-0.15, -0.1) is 11.3 Å². The van der Waals surface area contributed by atoms with Crippen molar-refractivity contribution in [3.8, 4) is 17.4 Å². The predicted octanol–water partition coefficient (Wildman–Crippen LogP) is 5.11. The van der Waals surface area contributed by atoms with Gasteiger partial charge in [0.2, 0.25) is 5.88 Å². The summed E-state index contributed by atoms with van der Waals surface area (Å²) in [5.74, 6) is 2.08. The molecule has 1 N–H and O–H groups in total. The van der Waals surface area contributed by atoms with Gasteiger partial charge in [-0.25, -0.2) is 18.1 Å². The number of anilines is 1. The van der Waals surface area contributed by atoms with E-state index in [4.69, 9.17) is 4.74 Å². The molecule has 0 saturated carbocycles. The minimum Gasteiger partial charge on any atom is -0.439 e. The van der Waals surface area contributed by atoms with E-state index >= 15 is 0 Å². The van der Waals surface area contributed by atoms with E-state index in [1.807, 2.05) is 33.8 Å². The van der Waals surface area contributed by atoms with Gasteiger partial charge in [-0.2, -0.15) is 10.1 Å². The molecule has 3 heterocycles. The van der Waals surface area contributed by atoms with E-state index in [2.05, 4.69) is 19.8 Å². The molecule has 0 aliphatic heterocycles. The number of rotatable bonds is 7. The van der Waals surface area contributed by atoms with Crippen LogP contribution in [0.25, 0.3) is 5.82 Å². The molecule has 0 amide bonds. The molecule has 8 nitrogen and oxygen atoms in total. The van der Waals surface area contributed by atoms with Crippen molar-refractivity contribution in [3.05, 3.63) is 70.1 Å². The number of nitrogens with zero attached hydrogens (tertiary/aromatic N) is 4. The van der Waals surface area contributed by atoms with E-state index < -0.39 is 10.0 Å². The van der Waals surface area contributed by atoms with Crippen LogP contribution in [-0.4, -0.2) is 28.2 Å². The van der Waals surface area contributed by atoms with Crippen LogP contribution in [0.5, 0.6) is 11.6 Å². The van der Waals surface area contributed by atoms with Crippen LogP contribution < -0.4 is 9.46 Å². The second kappa shape index (κ2) is 8.95. The quantitative estimate of drug-likeness (QED) is 0.392. The Bertz CT molecular complexity index is 1410. The summed E-state index contributed by atoms with van der Waals surface area (Å²) in [6, 6.07) is 11.9. The van der Waals surface area contributed by atoms with Crippen LogP contribution in [-0.2, 0) is 16.4 Å². The highest BCUT2D eigenvalue weighted by molar-refractivity contribution is 7.94. The molecule has 0 aliphatic rings. The van der Waals surface area contributed by atoms with Crippen molar-refractivity contribution < 1.29 is 13.2 Å². The van der Waals surface area contributed by atoms with Crippen LogP contribution >= 0.6 is 11.3 Å². The molecule has 3 aromatic heterocycles. The number of sulfonamides is 1. The second-order valence-electron chi connectivity index (χ2n) is 7.63. The maximum Gasteiger partial charge on any atom is 0.271 e.